The van der Waals surface area contributed by atoms with Gasteiger partial charge in [-0.05, 0) is 43.0 Å². The molecule has 3 rings (SSSR count). The Balaban J connectivity index is 1.55. The molecule has 5 heteroatoms. The fraction of sp³-hybridized carbons (Fsp3) is 0.588. The Morgan fingerprint density at radius 3 is 2.59 bits per heavy atom. The minimum absolute atomic E-state index is 0.198. The average Bonchev–Trinajstić information content (AvgIpc) is 3.16. The van der Waals surface area contributed by atoms with E-state index in [9.17, 15) is 4.79 Å². The molecule has 1 atom stereocenters. The normalized spacial score (nSPS) is 22.1. The molecule has 5 nitrogen and oxygen atoms in total. The van der Waals surface area contributed by atoms with Crippen molar-refractivity contribution in [3.63, 3.8) is 0 Å². The fourth-order valence-electron chi connectivity index (χ4n) is 3.12. The molecule has 1 aromatic carbocycles. The van der Waals surface area contributed by atoms with Gasteiger partial charge in [-0.15, -0.1) is 0 Å². The van der Waals surface area contributed by atoms with Crippen LogP contribution in [0.2, 0.25) is 0 Å². The molecule has 1 heterocycles. The van der Waals surface area contributed by atoms with E-state index in [1.54, 1.807) is 12.0 Å². The van der Waals surface area contributed by atoms with E-state index in [0.29, 0.717) is 19.1 Å². The highest BCUT2D eigenvalue weighted by Gasteiger charge is 2.32. The van der Waals surface area contributed by atoms with E-state index in [1.807, 2.05) is 24.3 Å². The minimum Gasteiger partial charge on any atom is -0.493 e. The molecule has 0 aromatic heterocycles. The maximum absolute atomic E-state index is 11.9. The lowest BCUT2D eigenvalue weighted by Crippen LogP contribution is -2.25. The lowest BCUT2D eigenvalue weighted by Gasteiger charge is -2.15. The van der Waals surface area contributed by atoms with Crippen LogP contribution in [0.15, 0.2) is 24.3 Å². The summed E-state index contributed by atoms with van der Waals surface area (Å²) in [6.07, 6.45) is 4.69. The predicted octanol–water partition coefficient (Wildman–Crippen LogP) is 3.23. The highest BCUT2D eigenvalue weighted by Crippen LogP contribution is 2.27. The van der Waals surface area contributed by atoms with Crippen molar-refractivity contribution >= 4 is 11.8 Å². The largest absolute Gasteiger partial charge is 0.493 e. The maximum Gasteiger partial charge on any atom is 0.414 e. The second kappa shape index (κ2) is 7.01. The van der Waals surface area contributed by atoms with Gasteiger partial charge in [-0.1, -0.05) is 12.8 Å². The zero-order valence-electron chi connectivity index (χ0n) is 13.0. The molecule has 22 heavy (non-hydrogen) atoms. The van der Waals surface area contributed by atoms with E-state index < -0.39 is 0 Å². The van der Waals surface area contributed by atoms with E-state index in [0.717, 1.165) is 18.0 Å². The first-order valence-corrected chi connectivity index (χ1v) is 7.96. The summed E-state index contributed by atoms with van der Waals surface area (Å²) in [5, 5.41) is 0. The van der Waals surface area contributed by atoms with E-state index in [4.69, 9.17) is 14.2 Å². The number of carbonyl (C=O) groups is 1. The van der Waals surface area contributed by atoms with Crippen LogP contribution in [0.5, 0.6) is 5.75 Å². The minimum atomic E-state index is -0.318. The molecule has 1 amide bonds. The highest BCUT2D eigenvalue weighted by molar-refractivity contribution is 5.89. The van der Waals surface area contributed by atoms with Crippen molar-refractivity contribution in [2.45, 2.75) is 31.8 Å². The molecule has 0 spiro atoms. The SMILES string of the molecule is COCC1CN(c2ccc(OCC3CCCC3)cc2)C(=O)O1. The third kappa shape index (κ3) is 3.53. The van der Waals surface area contributed by atoms with Gasteiger partial charge in [-0.2, -0.15) is 0 Å². The number of hydrogen-bond donors (Lipinski definition) is 0. The van der Waals surface area contributed by atoms with Gasteiger partial charge < -0.3 is 14.2 Å². The van der Waals surface area contributed by atoms with Crippen LogP contribution >= 0.6 is 0 Å². The smallest absolute Gasteiger partial charge is 0.414 e. The molecular weight excluding hydrogens is 282 g/mol. The zero-order valence-corrected chi connectivity index (χ0v) is 13.0. The molecule has 120 valence electrons. The van der Waals surface area contributed by atoms with Gasteiger partial charge in [-0.25, -0.2) is 4.79 Å². The molecule has 0 N–H and O–H groups in total. The number of carbonyl (C=O) groups excluding carboxylic acids is 1. The standard InChI is InChI=1S/C17H23NO4/c1-20-12-16-10-18(17(19)22-16)14-6-8-15(9-7-14)21-11-13-4-2-3-5-13/h6-9,13,16H,2-5,10-12H2,1H3. The van der Waals surface area contributed by atoms with Crippen LogP contribution in [-0.2, 0) is 9.47 Å². The maximum atomic E-state index is 11.9. The van der Waals surface area contributed by atoms with Gasteiger partial charge in [-0.3, -0.25) is 4.90 Å². The summed E-state index contributed by atoms with van der Waals surface area (Å²) in [5.74, 6) is 1.56. The third-order valence-electron chi connectivity index (χ3n) is 4.34. The van der Waals surface area contributed by atoms with Gasteiger partial charge in [0.05, 0.1) is 19.8 Å². The molecule has 1 aromatic rings. The number of amides is 1. The summed E-state index contributed by atoms with van der Waals surface area (Å²) in [4.78, 5) is 13.5. The topological polar surface area (TPSA) is 48.0 Å². The Morgan fingerprint density at radius 2 is 1.91 bits per heavy atom. The molecule has 2 aliphatic rings. The van der Waals surface area contributed by atoms with Crippen LogP contribution in [-0.4, -0.2) is 39.1 Å². The van der Waals surface area contributed by atoms with E-state index in [1.165, 1.54) is 25.7 Å². The van der Waals surface area contributed by atoms with Crippen molar-refractivity contribution in [3.05, 3.63) is 24.3 Å². The molecule has 0 radical (unpaired) electrons. The number of anilines is 1. The van der Waals surface area contributed by atoms with Crippen LogP contribution in [0.3, 0.4) is 0 Å². The van der Waals surface area contributed by atoms with Gasteiger partial charge in [0.15, 0.2) is 0 Å². The number of benzene rings is 1. The number of methoxy groups -OCH3 is 1. The first-order chi connectivity index (χ1) is 10.8. The first-order valence-electron chi connectivity index (χ1n) is 7.96. The molecule has 1 saturated carbocycles. The van der Waals surface area contributed by atoms with E-state index in [-0.39, 0.29) is 12.2 Å². The summed E-state index contributed by atoms with van der Waals surface area (Å²) in [7, 11) is 1.60. The van der Waals surface area contributed by atoms with Crippen LogP contribution in [0.25, 0.3) is 0 Å². The number of nitrogens with zero attached hydrogens (tertiary/aromatic N) is 1. The summed E-state index contributed by atoms with van der Waals surface area (Å²) in [6.45, 7) is 1.74. The number of ether oxygens (including phenoxy) is 3. The van der Waals surface area contributed by atoms with E-state index >= 15 is 0 Å². The molecule has 1 saturated heterocycles. The van der Waals surface area contributed by atoms with Gasteiger partial charge in [0.1, 0.15) is 11.9 Å². The van der Waals surface area contributed by atoms with Crippen molar-refractivity contribution < 1.29 is 19.0 Å². The number of cyclic esters (lactones) is 1. The highest BCUT2D eigenvalue weighted by atomic mass is 16.6. The molecular formula is C17H23NO4. The Bertz CT molecular complexity index is 496. The second-order valence-corrected chi connectivity index (χ2v) is 6.03. The van der Waals surface area contributed by atoms with Crippen LogP contribution in [0.4, 0.5) is 10.5 Å². The lowest BCUT2D eigenvalue weighted by atomic mass is 10.1. The number of rotatable bonds is 6. The first kappa shape index (κ1) is 15.2. The van der Waals surface area contributed by atoms with Gasteiger partial charge in [0.2, 0.25) is 0 Å². The monoisotopic (exact) mass is 305 g/mol. The van der Waals surface area contributed by atoms with Crippen LogP contribution in [0, 0.1) is 5.92 Å². The molecule has 1 aliphatic heterocycles. The summed E-state index contributed by atoms with van der Waals surface area (Å²) < 4.78 is 16.1. The van der Waals surface area contributed by atoms with Crippen molar-refractivity contribution in [3.8, 4) is 5.75 Å². The molecule has 0 bridgehead atoms. The van der Waals surface area contributed by atoms with Crippen molar-refractivity contribution in [1.82, 2.24) is 0 Å². The van der Waals surface area contributed by atoms with Crippen LogP contribution in [0.1, 0.15) is 25.7 Å². The summed E-state index contributed by atoms with van der Waals surface area (Å²) in [6, 6.07) is 7.64. The average molecular weight is 305 g/mol. The second-order valence-electron chi connectivity index (χ2n) is 6.03. The van der Waals surface area contributed by atoms with Gasteiger partial charge in [0, 0.05) is 12.8 Å². The van der Waals surface area contributed by atoms with Crippen LogP contribution < -0.4 is 9.64 Å². The third-order valence-corrected chi connectivity index (χ3v) is 4.34. The van der Waals surface area contributed by atoms with Crippen molar-refractivity contribution in [2.24, 2.45) is 5.92 Å². The van der Waals surface area contributed by atoms with E-state index in [2.05, 4.69) is 0 Å². The quantitative estimate of drug-likeness (QED) is 0.809. The lowest BCUT2D eigenvalue weighted by molar-refractivity contribution is 0.0718. The van der Waals surface area contributed by atoms with Crippen molar-refractivity contribution in [2.75, 3.05) is 31.8 Å². The molecule has 2 fully saturated rings. The zero-order chi connectivity index (χ0) is 15.4. The number of hydrogen-bond acceptors (Lipinski definition) is 4. The van der Waals surface area contributed by atoms with Gasteiger partial charge in [0.25, 0.3) is 0 Å². The molecule has 1 unspecified atom stereocenters. The summed E-state index contributed by atoms with van der Waals surface area (Å²) >= 11 is 0. The summed E-state index contributed by atoms with van der Waals surface area (Å²) in [5.41, 5.74) is 0.830. The predicted molar refractivity (Wildman–Crippen MR) is 83.4 cm³/mol. The van der Waals surface area contributed by atoms with Gasteiger partial charge >= 0.3 is 6.09 Å². The molecule has 1 aliphatic carbocycles. The Labute approximate surface area is 131 Å². The van der Waals surface area contributed by atoms with Crippen molar-refractivity contribution in [1.29, 1.82) is 0 Å². The fourth-order valence-corrected chi connectivity index (χ4v) is 3.12. The Hall–Kier alpha value is -1.75. The Kier molecular flexibility index (Phi) is 4.83. The Morgan fingerprint density at radius 1 is 1.18 bits per heavy atom.